The first kappa shape index (κ1) is 17.7. The number of pyridine rings is 1. The molecular weight excluding hydrogens is 348 g/mol. The third kappa shape index (κ3) is 3.99. The summed E-state index contributed by atoms with van der Waals surface area (Å²) in [5.41, 5.74) is 3.89. The zero-order chi connectivity index (χ0) is 19.2. The molecule has 0 bridgehead atoms. The molecule has 0 saturated heterocycles. The van der Waals surface area contributed by atoms with Crippen LogP contribution in [0.4, 0.5) is 0 Å². The van der Waals surface area contributed by atoms with Crippen molar-refractivity contribution in [3.63, 3.8) is 0 Å². The van der Waals surface area contributed by atoms with Gasteiger partial charge in [0, 0.05) is 31.3 Å². The molecule has 0 saturated carbocycles. The van der Waals surface area contributed by atoms with E-state index in [1.54, 1.807) is 41.8 Å². The second-order valence-corrected chi connectivity index (χ2v) is 6.46. The summed E-state index contributed by atoms with van der Waals surface area (Å²) >= 11 is 0. The fourth-order valence-corrected chi connectivity index (χ4v) is 3.20. The van der Waals surface area contributed by atoms with Gasteiger partial charge in [-0.3, -0.25) is 9.78 Å². The van der Waals surface area contributed by atoms with Gasteiger partial charge in [0.15, 0.2) is 0 Å². The summed E-state index contributed by atoms with van der Waals surface area (Å²) in [5, 5.41) is 0. The van der Waals surface area contributed by atoms with Crippen LogP contribution in [0.5, 0.6) is 0 Å². The maximum absolute atomic E-state index is 13.2. The number of hydrogen-bond donors (Lipinski definition) is 1. The Bertz CT molecular complexity index is 1030. The van der Waals surface area contributed by atoms with Crippen molar-refractivity contribution in [3.8, 4) is 11.1 Å². The minimum Gasteiger partial charge on any atom is -0.347 e. The normalized spacial score (nSPS) is 10.6. The van der Waals surface area contributed by atoms with Gasteiger partial charge in [0.2, 0.25) is 0 Å². The molecule has 0 aliphatic carbocycles. The minimum absolute atomic E-state index is 0.0765. The predicted molar refractivity (Wildman–Crippen MR) is 108 cm³/mol. The Morgan fingerprint density at radius 2 is 1.71 bits per heavy atom. The number of benzene rings is 2. The van der Waals surface area contributed by atoms with Crippen LogP contribution in [0.2, 0.25) is 0 Å². The second-order valence-electron chi connectivity index (χ2n) is 6.46. The molecule has 0 aliphatic heterocycles. The molecule has 28 heavy (non-hydrogen) atoms. The van der Waals surface area contributed by atoms with Gasteiger partial charge in [0.05, 0.1) is 12.1 Å². The van der Waals surface area contributed by atoms with E-state index in [2.05, 4.69) is 39.2 Å². The standard InChI is InChI=1S/C23H20N4O/c28-23(19-10-6-12-24-15-19)27(17-22-25-13-14-26-22)16-20-9-4-5-11-21(20)18-7-2-1-3-8-18/h1-15H,16-17H2,(H,25,26). The van der Waals surface area contributed by atoms with Gasteiger partial charge in [-0.15, -0.1) is 0 Å². The number of nitrogens with one attached hydrogen (secondary N) is 1. The quantitative estimate of drug-likeness (QED) is 0.551. The van der Waals surface area contributed by atoms with E-state index in [0.29, 0.717) is 18.7 Å². The number of aromatic nitrogens is 3. The van der Waals surface area contributed by atoms with Gasteiger partial charge in [-0.05, 0) is 28.8 Å². The van der Waals surface area contributed by atoms with E-state index >= 15 is 0 Å². The van der Waals surface area contributed by atoms with E-state index in [0.717, 1.165) is 22.5 Å². The van der Waals surface area contributed by atoms with Gasteiger partial charge in [-0.1, -0.05) is 54.6 Å². The molecule has 0 aliphatic rings. The average molecular weight is 368 g/mol. The fourth-order valence-electron chi connectivity index (χ4n) is 3.20. The lowest BCUT2D eigenvalue weighted by atomic mass is 9.99. The summed E-state index contributed by atoms with van der Waals surface area (Å²) in [7, 11) is 0. The molecule has 1 N–H and O–H groups in total. The van der Waals surface area contributed by atoms with Crippen LogP contribution in [-0.4, -0.2) is 25.8 Å². The topological polar surface area (TPSA) is 61.9 Å². The van der Waals surface area contributed by atoms with Crippen LogP contribution in [0.3, 0.4) is 0 Å². The Labute approximate surface area is 163 Å². The van der Waals surface area contributed by atoms with Crippen molar-refractivity contribution in [1.29, 1.82) is 0 Å². The summed E-state index contributed by atoms with van der Waals surface area (Å²) in [6.45, 7) is 0.864. The maximum atomic E-state index is 13.2. The van der Waals surface area contributed by atoms with Crippen LogP contribution >= 0.6 is 0 Å². The van der Waals surface area contributed by atoms with E-state index < -0.39 is 0 Å². The lowest BCUT2D eigenvalue weighted by Gasteiger charge is -2.23. The molecule has 0 unspecified atom stereocenters. The number of nitrogens with zero attached hydrogens (tertiary/aromatic N) is 3. The molecule has 1 amide bonds. The van der Waals surface area contributed by atoms with Gasteiger partial charge >= 0.3 is 0 Å². The summed E-state index contributed by atoms with van der Waals surface area (Å²) in [6.07, 6.45) is 6.72. The fraction of sp³-hybridized carbons (Fsp3) is 0.0870. The third-order valence-electron chi connectivity index (χ3n) is 4.55. The molecule has 5 heteroatoms. The first-order valence-electron chi connectivity index (χ1n) is 9.12. The van der Waals surface area contributed by atoms with Crippen LogP contribution in [0.1, 0.15) is 21.7 Å². The number of amides is 1. The monoisotopic (exact) mass is 368 g/mol. The SMILES string of the molecule is O=C(c1cccnc1)N(Cc1ncc[nH]1)Cc1ccccc1-c1ccccc1. The van der Waals surface area contributed by atoms with Crippen LogP contribution in [0.15, 0.2) is 91.5 Å². The number of H-pyrrole nitrogens is 1. The lowest BCUT2D eigenvalue weighted by Crippen LogP contribution is -2.30. The van der Waals surface area contributed by atoms with Crippen molar-refractivity contribution in [2.24, 2.45) is 0 Å². The first-order chi connectivity index (χ1) is 13.8. The molecule has 0 atom stereocenters. The highest BCUT2D eigenvalue weighted by atomic mass is 16.2. The minimum atomic E-state index is -0.0765. The van der Waals surface area contributed by atoms with Gasteiger partial charge in [-0.2, -0.15) is 0 Å². The maximum Gasteiger partial charge on any atom is 0.256 e. The molecule has 2 aromatic carbocycles. The predicted octanol–water partition coefficient (Wildman–Crippen LogP) is 4.31. The molecule has 4 aromatic rings. The summed E-state index contributed by atoms with van der Waals surface area (Å²) < 4.78 is 0. The second kappa shape index (κ2) is 8.31. The zero-order valence-corrected chi connectivity index (χ0v) is 15.3. The van der Waals surface area contributed by atoms with Gasteiger partial charge in [0.25, 0.3) is 5.91 Å². The Morgan fingerprint density at radius 3 is 2.46 bits per heavy atom. The summed E-state index contributed by atoms with van der Waals surface area (Å²) in [4.78, 5) is 26.4. The van der Waals surface area contributed by atoms with Crippen molar-refractivity contribution >= 4 is 5.91 Å². The molecule has 4 rings (SSSR count). The number of imidazole rings is 1. The van der Waals surface area contributed by atoms with E-state index in [1.165, 1.54) is 0 Å². The number of carbonyl (C=O) groups excluding carboxylic acids is 1. The average Bonchev–Trinajstić information content (AvgIpc) is 3.27. The van der Waals surface area contributed by atoms with E-state index in [-0.39, 0.29) is 5.91 Å². The lowest BCUT2D eigenvalue weighted by molar-refractivity contribution is 0.0725. The van der Waals surface area contributed by atoms with E-state index in [1.807, 2.05) is 30.3 Å². The van der Waals surface area contributed by atoms with Crippen molar-refractivity contribution in [2.45, 2.75) is 13.1 Å². The first-order valence-corrected chi connectivity index (χ1v) is 9.12. The molecule has 138 valence electrons. The molecule has 0 fully saturated rings. The van der Waals surface area contributed by atoms with Crippen LogP contribution in [0, 0.1) is 0 Å². The Kier molecular flexibility index (Phi) is 5.24. The summed E-state index contributed by atoms with van der Waals surface area (Å²) in [6, 6.07) is 21.9. The Morgan fingerprint density at radius 1 is 0.893 bits per heavy atom. The molecular formula is C23H20N4O. The molecule has 0 radical (unpaired) electrons. The van der Waals surface area contributed by atoms with E-state index in [4.69, 9.17) is 0 Å². The zero-order valence-electron chi connectivity index (χ0n) is 15.3. The van der Waals surface area contributed by atoms with Crippen LogP contribution in [0.25, 0.3) is 11.1 Å². The Hall–Kier alpha value is -3.73. The Balaban J connectivity index is 1.68. The molecule has 5 nitrogen and oxygen atoms in total. The number of hydrogen-bond acceptors (Lipinski definition) is 3. The smallest absolute Gasteiger partial charge is 0.256 e. The van der Waals surface area contributed by atoms with Crippen LogP contribution < -0.4 is 0 Å². The molecule has 0 spiro atoms. The number of rotatable bonds is 6. The highest BCUT2D eigenvalue weighted by molar-refractivity contribution is 5.93. The highest BCUT2D eigenvalue weighted by Gasteiger charge is 2.19. The van der Waals surface area contributed by atoms with Gasteiger partial charge in [0.1, 0.15) is 5.82 Å². The van der Waals surface area contributed by atoms with E-state index in [9.17, 15) is 4.79 Å². The third-order valence-corrected chi connectivity index (χ3v) is 4.55. The summed E-state index contributed by atoms with van der Waals surface area (Å²) in [5.74, 6) is 0.668. The number of aromatic amines is 1. The number of carbonyl (C=O) groups is 1. The van der Waals surface area contributed by atoms with Gasteiger partial charge in [-0.25, -0.2) is 4.98 Å². The van der Waals surface area contributed by atoms with Gasteiger partial charge < -0.3 is 9.88 Å². The molecule has 2 heterocycles. The van der Waals surface area contributed by atoms with Crippen molar-refractivity contribution in [2.75, 3.05) is 0 Å². The van der Waals surface area contributed by atoms with Crippen molar-refractivity contribution in [1.82, 2.24) is 19.9 Å². The van der Waals surface area contributed by atoms with Crippen molar-refractivity contribution in [3.05, 3.63) is 108 Å². The molecule has 2 aromatic heterocycles. The van der Waals surface area contributed by atoms with Crippen molar-refractivity contribution < 1.29 is 4.79 Å². The highest BCUT2D eigenvalue weighted by Crippen LogP contribution is 2.25. The largest absolute Gasteiger partial charge is 0.347 e. The van der Waals surface area contributed by atoms with Crippen LogP contribution in [-0.2, 0) is 13.1 Å².